The summed E-state index contributed by atoms with van der Waals surface area (Å²) >= 11 is 0. The predicted octanol–water partition coefficient (Wildman–Crippen LogP) is 2.71. The van der Waals surface area contributed by atoms with Crippen molar-refractivity contribution in [1.82, 2.24) is 15.5 Å². The Kier molecular flexibility index (Phi) is 9.48. The average Bonchev–Trinajstić information content (AvgIpc) is 2.47. The van der Waals surface area contributed by atoms with Gasteiger partial charge < -0.3 is 15.5 Å². The molecule has 1 aliphatic heterocycles. The monoisotopic (exact) mass is 296 g/mol. The van der Waals surface area contributed by atoms with Crippen molar-refractivity contribution in [1.29, 1.82) is 0 Å². The first-order valence-corrected chi connectivity index (χ1v) is 8.90. The van der Waals surface area contributed by atoms with Gasteiger partial charge in [-0.1, -0.05) is 20.8 Å². The van der Waals surface area contributed by atoms with Crippen LogP contribution in [0.5, 0.6) is 0 Å². The zero-order valence-corrected chi connectivity index (χ0v) is 14.6. The van der Waals surface area contributed by atoms with Crippen LogP contribution < -0.4 is 10.6 Å². The first-order chi connectivity index (χ1) is 10.2. The van der Waals surface area contributed by atoms with Gasteiger partial charge in [-0.15, -0.1) is 0 Å². The summed E-state index contributed by atoms with van der Waals surface area (Å²) in [6.07, 6.45) is 5.12. The molecule has 1 fully saturated rings. The highest BCUT2D eigenvalue weighted by Gasteiger charge is 2.17. The predicted molar refractivity (Wildman–Crippen MR) is 92.9 cm³/mol. The summed E-state index contributed by atoms with van der Waals surface area (Å²) in [5.74, 6) is 2.60. The highest BCUT2D eigenvalue weighted by Crippen LogP contribution is 2.19. The second kappa shape index (κ2) is 10.9. The maximum Gasteiger partial charge on any atom is 0.191 e. The third-order valence-corrected chi connectivity index (χ3v) is 4.32. The van der Waals surface area contributed by atoms with Gasteiger partial charge in [-0.05, 0) is 64.1 Å². The van der Waals surface area contributed by atoms with Crippen LogP contribution in [0.3, 0.4) is 0 Å². The second-order valence-electron chi connectivity index (χ2n) is 6.54. The van der Waals surface area contributed by atoms with Crippen molar-refractivity contribution in [3.8, 4) is 0 Å². The van der Waals surface area contributed by atoms with Crippen molar-refractivity contribution in [2.24, 2.45) is 16.8 Å². The Morgan fingerprint density at radius 2 is 1.90 bits per heavy atom. The van der Waals surface area contributed by atoms with E-state index in [1.54, 1.807) is 0 Å². The number of hydrogen-bond donors (Lipinski definition) is 2. The highest BCUT2D eigenvalue weighted by atomic mass is 15.2. The van der Waals surface area contributed by atoms with Gasteiger partial charge in [0, 0.05) is 19.6 Å². The number of piperidine rings is 1. The van der Waals surface area contributed by atoms with E-state index in [2.05, 4.69) is 43.2 Å². The molecule has 1 rings (SSSR count). The lowest BCUT2D eigenvalue weighted by atomic mass is 9.94. The molecule has 2 N–H and O–H groups in total. The molecular weight excluding hydrogens is 260 g/mol. The van der Waals surface area contributed by atoms with Gasteiger partial charge in [-0.2, -0.15) is 0 Å². The summed E-state index contributed by atoms with van der Waals surface area (Å²) in [5, 5.41) is 6.78. The van der Waals surface area contributed by atoms with Crippen LogP contribution in [0.15, 0.2) is 4.99 Å². The van der Waals surface area contributed by atoms with Gasteiger partial charge in [-0.3, -0.25) is 4.99 Å². The Morgan fingerprint density at radius 1 is 1.19 bits per heavy atom. The Hall–Kier alpha value is -0.770. The number of guanidine groups is 1. The Bertz CT molecular complexity index is 281. The second-order valence-corrected chi connectivity index (χ2v) is 6.54. The summed E-state index contributed by atoms with van der Waals surface area (Å²) in [6.45, 7) is 15.6. The van der Waals surface area contributed by atoms with Gasteiger partial charge in [0.1, 0.15) is 0 Å². The largest absolute Gasteiger partial charge is 0.357 e. The zero-order chi connectivity index (χ0) is 15.5. The summed E-state index contributed by atoms with van der Waals surface area (Å²) in [5.41, 5.74) is 0. The molecule has 0 bridgehead atoms. The van der Waals surface area contributed by atoms with Crippen molar-refractivity contribution < 1.29 is 0 Å². The maximum atomic E-state index is 4.72. The molecule has 1 saturated heterocycles. The minimum atomic E-state index is 0.740. The highest BCUT2D eigenvalue weighted by molar-refractivity contribution is 5.79. The third-order valence-electron chi connectivity index (χ3n) is 4.32. The molecule has 4 heteroatoms. The van der Waals surface area contributed by atoms with E-state index in [0.717, 1.165) is 37.4 Å². The quantitative estimate of drug-likeness (QED) is 0.534. The van der Waals surface area contributed by atoms with Gasteiger partial charge in [0.25, 0.3) is 0 Å². The van der Waals surface area contributed by atoms with Crippen LogP contribution >= 0.6 is 0 Å². The van der Waals surface area contributed by atoms with E-state index in [4.69, 9.17) is 4.99 Å². The molecule has 4 nitrogen and oxygen atoms in total. The normalized spacial score (nSPS) is 18.2. The van der Waals surface area contributed by atoms with E-state index in [0.29, 0.717) is 0 Å². The molecule has 0 amide bonds. The summed E-state index contributed by atoms with van der Waals surface area (Å²) in [6, 6.07) is 0. The number of aliphatic imine (C=N–C) groups is 1. The number of likely N-dealkylation sites (tertiary alicyclic amines) is 1. The third kappa shape index (κ3) is 8.30. The number of nitrogens with one attached hydrogen (secondary N) is 2. The lowest BCUT2D eigenvalue weighted by Crippen LogP contribution is -2.38. The Labute approximate surface area is 131 Å². The first kappa shape index (κ1) is 18.3. The molecule has 0 saturated carbocycles. The smallest absolute Gasteiger partial charge is 0.191 e. The van der Waals surface area contributed by atoms with E-state index < -0.39 is 0 Å². The van der Waals surface area contributed by atoms with Crippen molar-refractivity contribution in [2.45, 2.75) is 53.4 Å². The molecule has 0 aromatic carbocycles. The van der Waals surface area contributed by atoms with Gasteiger partial charge in [0.15, 0.2) is 5.96 Å². The molecule has 0 aliphatic carbocycles. The molecule has 0 atom stereocenters. The zero-order valence-electron chi connectivity index (χ0n) is 14.6. The van der Waals surface area contributed by atoms with Crippen molar-refractivity contribution in [3.05, 3.63) is 0 Å². The van der Waals surface area contributed by atoms with E-state index in [9.17, 15) is 0 Å². The van der Waals surface area contributed by atoms with Crippen LogP contribution in [-0.2, 0) is 0 Å². The standard InChI is InChI=1S/C17H36N4/c1-5-18-17(19-11-7-15(3)4)20-12-8-16-9-13-21(6-2)14-10-16/h15-16H,5-14H2,1-4H3,(H2,18,19,20). The molecule has 0 aromatic rings. The topological polar surface area (TPSA) is 39.7 Å². The summed E-state index contributed by atoms with van der Waals surface area (Å²) in [4.78, 5) is 7.28. The molecule has 0 unspecified atom stereocenters. The van der Waals surface area contributed by atoms with Crippen LogP contribution in [0.2, 0.25) is 0 Å². The van der Waals surface area contributed by atoms with E-state index in [1.165, 1.54) is 45.3 Å². The lowest BCUT2D eigenvalue weighted by molar-refractivity contribution is 0.188. The summed E-state index contributed by atoms with van der Waals surface area (Å²) < 4.78 is 0. The van der Waals surface area contributed by atoms with Gasteiger partial charge in [-0.25, -0.2) is 0 Å². The van der Waals surface area contributed by atoms with Crippen molar-refractivity contribution in [2.75, 3.05) is 39.3 Å². The maximum absolute atomic E-state index is 4.72. The van der Waals surface area contributed by atoms with Gasteiger partial charge >= 0.3 is 0 Å². The molecule has 124 valence electrons. The summed E-state index contributed by atoms with van der Waals surface area (Å²) in [7, 11) is 0. The van der Waals surface area contributed by atoms with E-state index >= 15 is 0 Å². The fourth-order valence-electron chi connectivity index (χ4n) is 2.77. The molecule has 0 spiro atoms. The van der Waals surface area contributed by atoms with Crippen LogP contribution in [-0.4, -0.2) is 50.1 Å². The lowest BCUT2D eigenvalue weighted by Gasteiger charge is -2.30. The van der Waals surface area contributed by atoms with E-state index in [1.807, 2.05) is 0 Å². The number of nitrogens with zero attached hydrogens (tertiary/aromatic N) is 2. The molecule has 1 aliphatic rings. The molecule has 0 aromatic heterocycles. The Morgan fingerprint density at radius 3 is 2.48 bits per heavy atom. The minimum Gasteiger partial charge on any atom is -0.357 e. The molecule has 21 heavy (non-hydrogen) atoms. The number of rotatable bonds is 8. The fourth-order valence-corrected chi connectivity index (χ4v) is 2.77. The van der Waals surface area contributed by atoms with Crippen molar-refractivity contribution >= 4 is 5.96 Å². The van der Waals surface area contributed by atoms with Crippen LogP contribution in [0.25, 0.3) is 0 Å². The van der Waals surface area contributed by atoms with Crippen LogP contribution in [0, 0.1) is 11.8 Å². The number of hydrogen-bond acceptors (Lipinski definition) is 2. The van der Waals surface area contributed by atoms with Crippen molar-refractivity contribution in [3.63, 3.8) is 0 Å². The minimum absolute atomic E-state index is 0.740. The van der Waals surface area contributed by atoms with E-state index in [-0.39, 0.29) is 0 Å². The molecule has 0 radical (unpaired) electrons. The first-order valence-electron chi connectivity index (χ1n) is 8.90. The molecular formula is C17H36N4. The Balaban J connectivity index is 2.23. The van der Waals surface area contributed by atoms with Gasteiger partial charge in [0.05, 0.1) is 0 Å². The SMILES string of the molecule is CCNC(=NCCC1CCN(CC)CC1)NCCC(C)C. The van der Waals surface area contributed by atoms with Gasteiger partial charge in [0.2, 0.25) is 0 Å². The van der Waals surface area contributed by atoms with Crippen LogP contribution in [0.1, 0.15) is 53.4 Å². The fraction of sp³-hybridized carbons (Fsp3) is 0.941. The molecule has 1 heterocycles. The van der Waals surface area contributed by atoms with Crippen LogP contribution in [0.4, 0.5) is 0 Å². The average molecular weight is 297 g/mol.